The van der Waals surface area contributed by atoms with Gasteiger partial charge in [-0.05, 0) is 76.1 Å². The molecule has 3 N–H and O–H groups in total. The Balaban J connectivity index is 0.00000169. The second kappa shape index (κ2) is 11.1. The number of likely N-dealkylation sites (tertiary alicyclic amines) is 1. The number of hydrogen-bond donors (Lipinski definition) is 2. The van der Waals surface area contributed by atoms with Gasteiger partial charge in [0.25, 0.3) is 0 Å². The molecule has 3 rings (SSSR count). The molecule has 6 heteroatoms. The molecule has 0 radical (unpaired) electrons. The number of piperidine rings is 1. The third-order valence-electron chi connectivity index (χ3n) is 5.50. The lowest BCUT2D eigenvalue weighted by molar-refractivity contribution is -0.123. The molecule has 2 fully saturated rings. The Labute approximate surface area is 170 Å². The van der Waals surface area contributed by atoms with E-state index >= 15 is 0 Å². The van der Waals surface area contributed by atoms with Gasteiger partial charge in [-0.25, -0.2) is 0 Å². The minimum Gasteiger partial charge on any atom is -0.355 e. The van der Waals surface area contributed by atoms with Crippen LogP contribution in [0.4, 0.5) is 0 Å². The maximum Gasteiger partial charge on any atom is 0.240 e. The van der Waals surface area contributed by atoms with E-state index in [9.17, 15) is 4.79 Å². The summed E-state index contributed by atoms with van der Waals surface area (Å²) in [5.41, 5.74) is 6.81. The topological polar surface area (TPSA) is 58.4 Å². The van der Waals surface area contributed by atoms with Crippen molar-refractivity contribution >= 4 is 30.7 Å². The number of rotatable bonds is 8. The first-order valence-electron chi connectivity index (χ1n) is 9.49. The van der Waals surface area contributed by atoms with Crippen LogP contribution in [-0.2, 0) is 11.2 Å². The zero-order valence-electron chi connectivity index (χ0n) is 15.5. The van der Waals surface area contributed by atoms with Crippen molar-refractivity contribution in [3.63, 3.8) is 0 Å². The zero-order valence-corrected chi connectivity index (χ0v) is 17.1. The molecular weight excluding hydrogens is 369 g/mol. The molecular formula is C20H33Cl2N3O. The monoisotopic (exact) mass is 401 g/mol. The molecule has 1 saturated carbocycles. The summed E-state index contributed by atoms with van der Waals surface area (Å²) >= 11 is 0. The van der Waals surface area contributed by atoms with Crippen LogP contribution >= 0.6 is 24.8 Å². The van der Waals surface area contributed by atoms with Crippen LogP contribution in [0.25, 0.3) is 0 Å². The zero-order chi connectivity index (χ0) is 16.8. The van der Waals surface area contributed by atoms with E-state index in [1.165, 1.54) is 37.9 Å². The number of nitrogens with two attached hydrogens (primary N) is 1. The molecule has 1 aliphatic heterocycles. The van der Waals surface area contributed by atoms with Gasteiger partial charge in [0.15, 0.2) is 0 Å². The fraction of sp³-hybridized carbons (Fsp3) is 0.650. The number of amides is 1. The van der Waals surface area contributed by atoms with E-state index in [4.69, 9.17) is 5.73 Å². The highest BCUT2D eigenvalue weighted by atomic mass is 35.5. The third-order valence-corrected chi connectivity index (χ3v) is 5.50. The Hall–Kier alpha value is -0.810. The third kappa shape index (κ3) is 7.07. The molecule has 2 aliphatic rings. The second-order valence-corrected chi connectivity index (χ2v) is 7.59. The van der Waals surface area contributed by atoms with Crippen LogP contribution in [0.5, 0.6) is 0 Å². The number of halogens is 2. The van der Waals surface area contributed by atoms with Gasteiger partial charge in [0.2, 0.25) is 5.91 Å². The summed E-state index contributed by atoms with van der Waals surface area (Å²) in [7, 11) is 0. The van der Waals surface area contributed by atoms with E-state index in [0.29, 0.717) is 0 Å². The Morgan fingerprint density at radius 3 is 2.38 bits per heavy atom. The molecule has 148 valence electrons. The van der Waals surface area contributed by atoms with Crippen LogP contribution in [0.15, 0.2) is 30.3 Å². The van der Waals surface area contributed by atoms with Crippen molar-refractivity contribution in [3.05, 3.63) is 35.9 Å². The molecule has 1 amide bonds. The molecule has 0 bridgehead atoms. The van der Waals surface area contributed by atoms with Crippen molar-refractivity contribution in [1.29, 1.82) is 0 Å². The molecule has 1 aromatic rings. The van der Waals surface area contributed by atoms with Gasteiger partial charge in [0, 0.05) is 6.54 Å². The average Bonchev–Trinajstić information content (AvgIpc) is 3.36. The summed E-state index contributed by atoms with van der Waals surface area (Å²) in [5.74, 6) is 0.881. The Kier molecular flexibility index (Phi) is 9.94. The van der Waals surface area contributed by atoms with Crippen molar-refractivity contribution in [2.45, 2.75) is 50.5 Å². The lowest BCUT2D eigenvalue weighted by atomic mass is 9.90. The summed E-state index contributed by atoms with van der Waals surface area (Å²) in [6, 6.07) is 10.9. The van der Waals surface area contributed by atoms with Gasteiger partial charge >= 0.3 is 0 Å². The highest BCUT2D eigenvalue weighted by molar-refractivity contribution is 5.88. The molecule has 4 nitrogen and oxygen atoms in total. The Morgan fingerprint density at radius 2 is 1.77 bits per heavy atom. The Bertz CT molecular complexity index is 529. The predicted molar refractivity (Wildman–Crippen MR) is 112 cm³/mol. The van der Waals surface area contributed by atoms with Gasteiger partial charge in [-0.1, -0.05) is 30.3 Å². The molecule has 0 spiro atoms. The van der Waals surface area contributed by atoms with E-state index in [1.54, 1.807) is 0 Å². The van der Waals surface area contributed by atoms with Crippen LogP contribution in [0.1, 0.15) is 44.1 Å². The summed E-state index contributed by atoms with van der Waals surface area (Å²) < 4.78 is 0. The summed E-state index contributed by atoms with van der Waals surface area (Å²) in [6.07, 6.45) is 7.73. The lowest BCUT2D eigenvalue weighted by Gasteiger charge is -2.32. The molecule has 26 heavy (non-hydrogen) atoms. The molecule has 1 aliphatic carbocycles. The lowest BCUT2D eigenvalue weighted by Crippen LogP contribution is -2.43. The molecule has 0 atom stereocenters. The van der Waals surface area contributed by atoms with Crippen molar-refractivity contribution in [1.82, 2.24) is 10.2 Å². The van der Waals surface area contributed by atoms with E-state index in [2.05, 4.69) is 40.5 Å². The summed E-state index contributed by atoms with van der Waals surface area (Å²) in [5, 5.41) is 2.97. The highest BCUT2D eigenvalue weighted by Crippen LogP contribution is 2.32. The maximum absolute atomic E-state index is 11.7. The quantitative estimate of drug-likeness (QED) is 0.657. The van der Waals surface area contributed by atoms with Gasteiger partial charge in [-0.3, -0.25) is 4.79 Å². The Morgan fingerprint density at radius 1 is 1.12 bits per heavy atom. The fourth-order valence-corrected chi connectivity index (χ4v) is 3.56. The van der Waals surface area contributed by atoms with E-state index < -0.39 is 5.54 Å². The van der Waals surface area contributed by atoms with Crippen molar-refractivity contribution in [2.24, 2.45) is 11.7 Å². The fourth-order valence-electron chi connectivity index (χ4n) is 3.56. The van der Waals surface area contributed by atoms with Crippen LogP contribution in [-0.4, -0.2) is 42.5 Å². The summed E-state index contributed by atoms with van der Waals surface area (Å²) in [4.78, 5) is 14.3. The molecule has 0 unspecified atom stereocenters. The van der Waals surface area contributed by atoms with Gasteiger partial charge in [-0.2, -0.15) is 0 Å². The highest BCUT2D eigenvalue weighted by Gasteiger charge is 2.45. The first-order valence-corrected chi connectivity index (χ1v) is 9.49. The smallest absolute Gasteiger partial charge is 0.240 e. The van der Waals surface area contributed by atoms with Crippen molar-refractivity contribution in [3.8, 4) is 0 Å². The SMILES string of the molecule is Cl.Cl.NC1(C(=O)NCCCCN2CCC(Cc3ccccc3)CC2)CC1. The molecule has 1 aromatic carbocycles. The summed E-state index contributed by atoms with van der Waals surface area (Å²) in [6.45, 7) is 4.36. The minimum atomic E-state index is -0.527. The minimum absolute atomic E-state index is 0. The van der Waals surface area contributed by atoms with Gasteiger partial charge in [-0.15, -0.1) is 24.8 Å². The van der Waals surface area contributed by atoms with Crippen LogP contribution in [0, 0.1) is 5.92 Å². The van der Waals surface area contributed by atoms with E-state index in [1.807, 2.05) is 0 Å². The maximum atomic E-state index is 11.7. The largest absolute Gasteiger partial charge is 0.355 e. The number of carbonyl (C=O) groups excluding carboxylic acids is 1. The molecule has 0 aromatic heterocycles. The molecule has 1 saturated heterocycles. The number of benzene rings is 1. The van der Waals surface area contributed by atoms with E-state index in [0.717, 1.165) is 44.7 Å². The normalized spacial score (nSPS) is 19.1. The first kappa shape index (κ1) is 23.2. The van der Waals surface area contributed by atoms with Gasteiger partial charge < -0.3 is 16.0 Å². The first-order chi connectivity index (χ1) is 11.7. The van der Waals surface area contributed by atoms with Crippen molar-refractivity contribution in [2.75, 3.05) is 26.2 Å². The number of hydrogen-bond acceptors (Lipinski definition) is 3. The van der Waals surface area contributed by atoms with Crippen molar-refractivity contribution < 1.29 is 4.79 Å². The number of carbonyl (C=O) groups is 1. The second-order valence-electron chi connectivity index (χ2n) is 7.59. The van der Waals surface area contributed by atoms with Crippen LogP contribution in [0.3, 0.4) is 0 Å². The average molecular weight is 402 g/mol. The van der Waals surface area contributed by atoms with Gasteiger partial charge in [0.05, 0.1) is 5.54 Å². The number of nitrogens with one attached hydrogen (secondary N) is 1. The number of unbranched alkanes of at least 4 members (excludes halogenated alkanes) is 1. The van der Waals surface area contributed by atoms with Crippen LogP contribution < -0.4 is 11.1 Å². The predicted octanol–water partition coefficient (Wildman–Crippen LogP) is 3.17. The number of nitrogens with zero attached hydrogens (tertiary/aromatic N) is 1. The standard InChI is InChI=1S/C20H31N3O.2ClH/c21-20(10-11-20)19(24)22-12-4-5-13-23-14-8-18(9-15-23)16-17-6-2-1-3-7-17;;/h1-3,6-7,18H,4-5,8-16,21H2,(H,22,24);2*1H. The molecule has 1 heterocycles. The van der Waals surface area contributed by atoms with E-state index in [-0.39, 0.29) is 30.7 Å². The van der Waals surface area contributed by atoms with Gasteiger partial charge in [0.1, 0.15) is 0 Å². The van der Waals surface area contributed by atoms with Crippen LogP contribution in [0.2, 0.25) is 0 Å².